The Hall–Kier alpha value is -1.49. The fraction of sp³-hybridized carbons (Fsp3) is 0.429. The predicted molar refractivity (Wildman–Crippen MR) is 75.6 cm³/mol. The minimum atomic E-state index is -0.942. The van der Waals surface area contributed by atoms with Crippen molar-refractivity contribution in [3.05, 3.63) is 35.4 Å². The molecule has 1 aliphatic rings. The van der Waals surface area contributed by atoms with Gasteiger partial charge in [0.05, 0.1) is 12.0 Å². The second kappa shape index (κ2) is 6.61. The first-order valence-electron chi connectivity index (χ1n) is 6.34. The third-order valence-corrected chi connectivity index (χ3v) is 4.18. The van der Waals surface area contributed by atoms with Gasteiger partial charge in [0.15, 0.2) is 0 Å². The number of rotatable bonds is 3. The monoisotopic (exact) mass is 279 g/mol. The molecule has 0 atom stereocenters. The summed E-state index contributed by atoms with van der Waals surface area (Å²) in [6.45, 7) is 1.65. The molecule has 0 aromatic heterocycles. The summed E-state index contributed by atoms with van der Waals surface area (Å²) in [5.74, 6) is 1.31. The number of carboxylic acids is 1. The van der Waals surface area contributed by atoms with Gasteiger partial charge in [-0.25, -0.2) is 4.79 Å². The van der Waals surface area contributed by atoms with E-state index in [4.69, 9.17) is 5.11 Å². The maximum Gasteiger partial charge on any atom is 0.335 e. The highest BCUT2D eigenvalue weighted by molar-refractivity contribution is 7.99. The molecule has 2 rings (SSSR count). The van der Waals surface area contributed by atoms with Crippen molar-refractivity contribution in [3.8, 4) is 0 Å². The summed E-state index contributed by atoms with van der Waals surface area (Å²) in [4.78, 5) is 24.8. The molecule has 0 unspecified atom stereocenters. The smallest absolute Gasteiger partial charge is 0.335 e. The van der Waals surface area contributed by atoms with E-state index in [0.29, 0.717) is 6.42 Å². The molecule has 4 nitrogen and oxygen atoms in total. The molecule has 1 fully saturated rings. The molecule has 102 valence electrons. The Bertz CT molecular complexity index is 450. The van der Waals surface area contributed by atoms with Crippen LogP contribution in [0.1, 0.15) is 22.3 Å². The number of benzene rings is 1. The van der Waals surface area contributed by atoms with Gasteiger partial charge in [-0.05, 0) is 29.9 Å². The third-order valence-electron chi connectivity index (χ3n) is 3.13. The van der Waals surface area contributed by atoms with Crippen molar-refractivity contribution in [2.24, 2.45) is 0 Å². The third kappa shape index (κ3) is 3.99. The van der Waals surface area contributed by atoms with Gasteiger partial charge >= 0.3 is 5.97 Å². The van der Waals surface area contributed by atoms with Gasteiger partial charge in [0, 0.05) is 18.8 Å². The van der Waals surface area contributed by atoms with Gasteiger partial charge in [0.1, 0.15) is 0 Å². The summed E-state index contributed by atoms with van der Waals surface area (Å²) in [5, 5.41) is 8.82. The molecule has 19 heavy (non-hydrogen) atoms. The number of hydrogen-bond acceptors (Lipinski definition) is 3. The molecular formula is C14H17NO3S. The predicted octanol–water partition coefficient (Wildman–Crippen LogP) is 1.89. The molecule has 0 saturated carbocycles. The lowest BCUT2D eigenvalue weighted by Gasteiger charge is -2.19. The molecule has 0 aliphatic carbocycles. The standard InChI is InChI=1S/C14H17NO3S/c16-13(15-6-1-8-19-9-7-15)10-11-2-4-12(5-3-11)14(17)18/h2-5H,1,6-10H2,(H,17,18). The van der Waals surface area contributed by atoms with Crippen LogP contribution in [0, 0.1) is 0 Å². The molecule has 1 aromatic carbocycles. The van der Waals surface area contributed by atoms with E-state index in [0.717, 1.165) is 36.6 Å². The molecule has 5 heteroatoms. The molecule has 0 radical (unpaired) electrons. The second-order valence-electron chi connectivity index (χ2n) is 4.53. The molecule has 0 spiro atoms. The Balaban J connectivity index is 1.95. The van der Waals surface area contributed by atoms with Crippen LogP contribution in [0.5, 0.6) is 0 Å². The summed E-state index contributed by atoms with van der Waals surface area (Å²) in [6.07, 6.45) is 1.40. The first kappa shape index (κ1) is 13.9. The van der Waals surface area contributed by atoms with E-state index in [2.05, 4.69) is 0 Å². The first-order valence-corrected chi connectivity index (χ1v) is 7.50. The van der Waals surface area contributed by atoms with E-state index in [1.165, 1.54) is 0 Å². The van der Waals surface area contributed by atoms with E-state index in [9.17, 15) is 9.59 Å². The van der Waals surface area contributed by atoms with Crippen molar-refractivity contribution in [1.82, 2.24) is 4.90 Å². The van der Waals surface area contributed by atoms with Gasteiger partial charge in [0.2, 0.25) is 5.91 Å². The summed E-state index contributed by atoms with van der Waals surface area (Å²) in [7, 11) is 0. The van der Waals surface area contributed by atoms with Crippen LogP contribution in [0.25, 0.3) is 0 Å². The maximum atomic E-state index is 12.1. The normalized spacial score (nSPS) is 15.9. The fourth-order valence-corrected chi connectivity index (χ4v) is 2.93. The average Bonchev–Trinajstić information content (AvgIpc) is 2.68. The molecule has 0 bridgehead atoms. The Morgan fingerprint density at radius 3 is 2.58 bits per heavy atom. The van der Waals surface area contributed by atoms with E-state index < -0.39 is 5.97 Å². The van der Waals surface area contributed by atoms with Crippen molar-refractivity contribution in [1.29, 1.82) is 0 Å². The molecular weight excluding hydrogens is 262 g/mol. The highest BCUT2D eigenvalue weighted by atomic mass is 32.2. The van der Waals surface area contributed by atoms with Gasteiger partial charge in [-0.3, -0.25) is 4.79 Å². The van der Waals surface area contributed by atoms with E-state index in [-0.39, 0.29) is 11.5 Å². The summed E-state index contributed by atoms with van der Waals surface area (Å²) >= 11 is 1.89. The fourth-order valence-electron chi connectivity index (χ4n) is 2.05. The molecule has 1 saturated heterocycles. The van der Waals surface area contributed by atoms with Crippen LogP contribution < -0.4 is 0 Å². The van der Waals surface area contributed by atoms with Gasteiger partial charge in [-0.2, -0.15) is 11.8 Å². The Labute approximate surface area is 116 Å². The number of hydrogen-bond donors (Lipinski definition) is 1. The van der Waals surface area contributed by atoms with Crippen LogP contribution >= 0.6 is 11.8 Å². The summed E-state index contributed by atoms with van der Waals surface area (Å²) in [5.41, 5.74) is 1.12. The van der Waals surface area contributed by atoms with Gasteiger partial charge in [0.25, 0.3) is 0 Å². The van der Waals surface area contributed by atoms with E-state index >= 15 is 0 Å². The van der Waals surface area contributed by atoms with Crippen LogP contribution in [0.15, 0.2) is 24.3 Å². The molecule has 1 amide bonds. The zero-order chi connectivity index (χ0) is 13.7. The Morgan fingerprint density at radius 1 is 1.16 bits per heavy atom. The van der Waals surface area contributed by atoms with Crippen LogP contribution in [0.3, 0.4) is 0 Å². The minimum Gasteiger partial charge on any atom is -0.478 e. The summed E-state index contributed by atoms with van der Waals surface area (Å²) < 4.78 is 0. The largest absolute Gasteiger partial charge is 0.478 e. The van der Waals surface area contributed by atoms with Crippen LogP contribution in [0.4, 0.5) is 0 Å². The highest BCUT2D eigenvalue weighted by Crippen LogP contribution is 2.12. The maximum absolute atomic E-state index is 12.1. The van der Waals surface area contributed by atoms with E-state index in [1.54, 1.807) is 24.3 Å². The number of amides is 1. The van der Waals surface area contributed by atoms with Crippen molar-refractivity contribution in [2.75, 3.05) is 24.6 Å². The van der Waals surface area contributed by atoms with Crippen LogP contribution in [0.2, 0.25) is 0 Å². The number of aromatic carboxylic acids is 1. The lowest BCUT2D eigenvalue weighted by Crippen LogP contribution is -2.34. The number of carboxylic acid groups (broad SMARTS) is 1. The van der Waals surface area contributed by atoms with E-state index in [1.807, 2.05) is 16.7 Å². The van der Waals surface area contributed by atoms with Gasteiger partial charge < -0.3 is 10.0 Å². The van der Waals surface area contributed by atoms with Gasteiger partial charge in [-0.15, -0.1) is 0 Å². The molecule has 1 heterocycles. The Morgan fingerprint density at radius 2 is 1.89 bits per heavy atom. The molecule has 1 aliphatic heterocycles. The quantitative estimate of drug-likeness (QED) is 0.918. The first-order chi connectivity index (χ1) is 9.16. The minimum absolute atomic E-state index is 0.130. The van der Waals surface area contributed by atoms with Crippen molar-refractivity contribution in [2.45, 2.75) is 12.8 Å². The number of carbonyl (C=O) groups excluding carboxylic acids is 1. The lowest BCUT2D eigenvalue weighted by atomic mass is 10.1. The lowest BCUT2D eigenvalue weighted by molar-refractivity contribution is -0.130. The number of nitrogens with zero attached hydrogens (tertiary/aromatic N) is 1. The SMILES string of the molecule is O=C(O)c1ccc(CC(=O)N2CCCSCC2)cc1. The van der Waals surface area contributed by atoms with Crippen molar-refractivity contribution < 1.29 is 14.7 Å². The topological polar surface area (TPSA) is 57.6 Å². The molecule has 1 aromatic rings. The van der Waals surface area contributed by atoms with Crippen LogP contribution in [-0.4, -0.2) is 46.5 Å². The van der Waals surface area contributed by atoms with Gasteiger partial charge in [-0.1, -0.05) is 12.1 Å². The number of thioether (sulfide) groups is 1. The second-order valence-corrected chi connectivity index (χ2v) is 5.75. The van der Waals surface area contributed by atoms with Crippen molar-refractivity contribution in [3.63, 3.8) is 0 Å². The highest BCUT2D eigenvalue weighted by Gasteiger charge is 2.16. The zero-order valence-corrected chi connectivity index (χ0v) is 11.5. The van der Waals surface area contributed by atoms with Crippen molar-refractivity contribution >= 4 is 23.6 Å². The Kier molecular flexibility index (Phi) is 4.85. The summed E-state index contributed by atoms with van der Waals surface area (Å²) in [6, 6.07) is 6.52. The molecule has 1 N–H and O–H groups in total. The number of carbonyl (C=O) groups is 2. The average molecular weight is 279 g/mol. The van der Waals surface area contributed by atoms with Crippen LogP contribution in [-0.2, 0) is 11.2 Å². The zero-order valence-electron chi connectivity index (χ0n) is 10.7.